The van der Waals surface area contributed by atoms with Crippen molar-refractivity contribution in [3.63, 3.8) is 0 Å². The summed E-state index contributed by atoms with van der Waals surface area (Å²) in [5.41, 5.74) is 2.05. The molecule has 1 fully saturated rings. The molecule has 4 nitrogen and oxygen atoms in total. The lowest BCUT2D eigenvalue weighted by atomic mass is 10.0. The number of rotatable bonds is 3. The number of nitrogens with one attached hydrogen (secondary N) is 1. The summed E-state index contributed by atoms with van der Waals surface area (Å²) >= 11 is 0. The first-order valence-corrected chi connectivity index (χ1v) is 6.87. The number of aliphatic hydroxyl groups is 1. The molecule has 1 aromatic carbocycles. The van der Waals surface area contributed by atoms with Crippen LogP contribution >= 0.6 is 0 Å². The Kier molecular flexibility index (Phi) is 4.43. The van der Waals surface area contributed by atoms with Crippen LogP contribution in [0.25, 0.3) is 0 Å². The number of anilines is 1. The van der Waals surface area contributed by atoms with Crippen molar-refractivity contribution in [2.45, 2.75) is 26.2 Å². The molecule has 0 aliphatic carbocycles. The first-order valence-electron chi connectivity index (χ1n) is 6.87. The van der Waals surface area contributed by atoms with Gasteiger partial charge in [-0.3, -0.25) is 0 Å². The summed E-state index contributed by atoms with van der Waals surface area (Å²) in [6.07, 6.45) is 0.885. The molecule has 2 amide bonds. The summed E-state index contributed by atoms with van der Waals surface area (Å²) in [5.74, 6) is 0.676. The largest absolute Gasteiger partial charge is 0.396 e. The van der Waals surface area contributed by atoms with Crippen LogP contribution in [0.15, 0.2) is 24.3 Å². The molecule has 104 valence electrons. The second-order valence-electron chi connectivity index (χ2n) is 5.49. The average Bonchev–Trinajstić information content (AvgIpc) is 2.88. The Labute approximate surface area is 114 Å². The lowest BCUT2D eigenvalue weighted by Crippen LogP contribution is -2.33. The Balaban J connectivity index is 1.97. The predicted molar refractivity (Wildman–Crippen MR) is 76.3 cm³/mol. The van der Waals surface area contributed by atoms with E-state index in [9.17, 15) is 4.79 Å². The third-order valence-electron chi connectivity index (χ3n) is 3.64. The number of nitrogens with zero attached hydrogens (tertiary/aromatic N) is 1. The van der Waals surface area contributed by atoms with E-state index < -0.39 is 0 Å². The van der Waals surface area contributed by atoms with Crippen LogP contribution in [-0.2, 0) is 0 Å². The summed E-state index contributed by atoms with van der Waals surface area (Å²) < 4.78 is 0. The summed E-state index contributed by atoms with van der Waals surface area (Å²) in [7, 11) is 0. The third-order valence-corrected chi connectivity index (χ3v) is 3.64. The van der Waals surface area contributed by atoms with Gasteiger partial charge in [0.15, 0.2) is 0 Å². The van der Waals surface area contributed by atoms with E-state index in [4.69, 9.17) is 5.11 Å². The molecule has 1 aliphatic rings. The van der Waals surface area contributed by atoms with Crippen LogP contribution in [0, 0.1) is 5.92 Å². The topological polar surface area (TPSA) is 52.6 Å². The normalized spacial score (nSPS) is 18.9. The maximum Gasteiger partial charge on any atom is 0.321 e. The molecule has 0 spiro atoms. The molecule has 1 saturated heterocycles. The van der Waals surface area contributed by atoms with Gasteiger partial charge in [-0.2, -0.15) is 0 Å². The number of carbonyl (C=O) groups is 1. The molecule has 1 unspecified atom stereocenters. The smallest absolute Gasteiger partial charge is 0.321 e. The SMILES string of the molecule is CC(C)c1cccc(NC(=O)N2CCC(CO)C2)c1. The maximum atomic E-state index is 12.1. The number of likely N-dealkylation sites (tertiary alicyclic amines) is 1. The van der Waals surface area contributed by atoms with Crippen molar-refractivity contribution in [2.24, 2.45) is 5.92 Å². The van der Waals surface area contributed by atoms with Crippen molar-refractivity contribution in [3.8, 4) is 0 Å². The molecule has 0 bridgehead atoms. The zero-order chi connectivity index (χ0) is 13.8. The molecule has 1 aliphatic heterocycles. The van der Waals surface area contributed by atoms with Crippen molar-refractivity contribution < 1.29 is 9.90 Å². The quantitative estimate of drug-likeness (QED) is 0.880. The van der Waals surface area contributed by atoms with Crippen LogP contribution in [-0.4, -0.2) is 35.7 Å². The van der Waals surface area contributed by atoms with E-state index in [0.717, 1.165) is 18.7 Å². The van der Waals surface area contributed by atoms with Gasteiger partial charge in [-0.15, -0.1) is 0 Å². The number of benzene rings is 1. The molecule has 0 aromatic heterocycles. The van der Waals surface area contributed by atoms with Gasteiger partial charge in [-0.25, -0.2) is 4.79 Å². The van der Waals surface area contributed by atoms with Gasteiger partial charge in [0.05, 0.1) is 0 Å². The minimum absolute atomic E-state index is 0.0724. The van der Waals surface area contributed by atoms with Gasteiger partial charge in [0.1, 0.15) is 0 Å². The molecule has 0 radical (unpaired) electrons. The number of carbonyl (C=O) groups excluding carboxylic acids is 1. The number of urea groups is 1. The van der Waals surface area contributed by atoms with Gasteiger partial charge in [-0.1, -0.05) is 26.0 Å². The minimum Gasteiger partial charge on any atom is -0.396 e. The average molecular weight is 262 g/mol. The zero-order valence-corrected chi connectivity index (χ0v) is 11.6. The molecular weight excluding hydrogens is 240 g/mol. The van der Waals surface area contributed by atoms with Crippen LogP contribution in [0.4, 0.5) is 10.5 Å². The van der Waals surface area contributed by atoms with Crippen molar-refractivity contribution in [1.82, 2.24) is 4.90 Å². The molecular formula is C15H22N2O2. The van der Waals surface area contributed by atoms with E-state index in [0.29, 0.717) is 12.5 Å². The number of amides is 2. The Morgan fingerprint density at radius 1 is 1.53 bits per heavy atom. The van der Waals surface area contributed by atoms with Crippen LogP contribution in [0.1, 0.15) is 31.7 Å². The second kappa shape index (κ2) is 6.06. The molecule has 2 N–H and O–H groups in total. The second-order valence-corrected chi connectivity index (χ2v) is 5.49. The van der Waals surface area contributed by atoms with E-state index >= 15 is 0 Å². The first-order chi connectivity index (χ1) is 9.10. The Hall–Kier alpha value is -1.55. The van der Waals surface area contributed by atoms with E-state index in [-0.39, 0.29) is 18.6 Å². The van der Waals surface area contributed by atoms with Crippen molar-refractivity contribution in [3.05, 3.63) is 29.8 Å². The minimum atomic E-state index is -0.0724. The van der Waals surface area contributed by atoms with Crippen molar-refractivity contribution in [1.29, 1.82) is 0 Å². The number of hydrogen-bond acceptors (Lipinski definition) is 2. The highest BCUT2D eigenvalue weighted by Crippen LogP contribution is 2.20. The fourth-order valence-corrected chi connectivity index (χ4v) is 2.34. The molecule has 1 heterocycles. The number of hydrogen-bond donors (Lipinski definition) is 2. The lowest BCUT2D eigenvalue weighted by Gasteiger charge is -2.17. The van der Waals surface area contributed by atoms with Crippen LogP contribution in [0.5, 0.6) is 0 Å². The van der Waals surface area contributed by atoms with Crippen molar-refractivity contribution >= 4 is 11.7 Å². The zero-order valence-electron chi connectivity index (χ0n) is 11.6. The molecule has 1 aromatic rings. The summed E-state index contributed by atoms with van der Waals surface area (Å²) in [4.78, 5) is 13.9. The monoisotopic (exact) mass is 262 g/mol. The van der Waals surface area contributed by atoms with Gasteiger partial charge < -0.3 is 15.3 Å². The Bertz CT molecular complexity index is 446. The molecule has 4 heteroatoms. The highest BCUT2D eigenvalue weighted by molar-refractivity contribution is 5.89. The van der Waals surface area contributed by atoms with Gasteiger partial charge in [0.2, 0.25) is 0 Å². The van der Waals surface area contributed by atoms with Crippen LogP contribution in [0.3, 0.4) is 0 Å². The van der Waals surface area contributed by atoms with Gasteiger partial charge in [0.25, 0.3) is 0 Å². The Morgan fingerprint density at radius 2 is 2.32 bits per heavy atom. The number of aliphatic hydroxyl groups excluding tert-OH is 1. The summed E-state index contributed by atoms with van der Waals surface area (Å²) in [6, 6.07) is 7.88. The highest BCUT2D eigenvalue weighted by atomic mass is 16.3. The third kappa shape index (κ3) is 3.47. The van der Waals surface area contributed by atoms with Gasteiger partial charge in [0, 0.05) is 31.3 Å². The van der Waals surface area contributed by atoms with Crippen LogP contribution < -0.4 is 5.32 Å². The highest BCUT2D eigenvalue weighted by Gasteiger charge is 2.25. The Morgan fingerprint density at radius 3 is 2.95 bits per heavy atom. The first kappa shape index (κ1) is 13.9. The lowest BCUT2D eigenvalue weighted by molar-refractivity contribution is 0.209. The summed E-state index contributed by atoms with van der Waals surface area (Å²) in [6.45, 7) is 5.79. The fourth-order valence-electron chi connectivity index (χ4n) is 2.34. The fraction of sp³-hybridized carbons (Fsp3) is 0.533. The molecule has 2 rings (SSSR count). The van der Waals surface area contributed by atoms with E-state index in [1.807, 2.05) is 18.2 Å². The molecule has 1 atom stereocenters. The van der Waals surface area contributed by atoms with E-state index in [2.05, 4.69) is 25.2 Å². The predicted octanol–water partition coefficient (Wildman–Crippen LogP) is 2.66. The van der Waals surface area contributed by atoms with Crippen molar-refractivity contribution in [2.75, 3.05) is 25.0 Å². The maximum absolute atomic E-state index is 12.1. The molecule has 19 heavy (non-hydrogen) atoms. The molecule has 0 saturated carbocycles. The standard InChI is InChI=1S/C15H22N2O2/c1-11(2)13-4-3-5-14(8-13)16-15(19)17-7-6-12(9-17)10-18/h3-5,8,11-12,18H,6-7,9-10H2,1-2H3,(H,16,19). The van der Waals surface area contributed by atoms with Gasteiger partial charge >= 0.3 is 6.03 Å². The van der Waals surface area contributed by atoms with Crippen LogP contribution in [0.2, 0.25) is 0 Å². The summed E-state index contributed by atoms with van der Waals surface area (Å²) in [5, 5.41) is 12.0. The van der Waals surface area contributed by atoms with E-state index in [1.165, 1.54) is 5.56 Å². The van der Waals surface area contributed by atoms with Gasteiger partial charge in [-0.05, 0) is 30.0 Å². The van der Waals surface area contributed by atoms with E-state index in [1.54, 1.807) is 4.90 Å².